The number of imide groups is 1. The van der Waals surface area contributed by atoms with Crippen molar-refractivity contribution >= 4 is 108 Å². The van der Waals surface area contributed by atoms with Crippen LogP contribution in [0.3, 0.4) is 0 Å². The lowest BCUT2D eigenvalue weighted by atomic mass is 10.1. The van der Waals surface area contributed by atoms with Crippen molar-refractivity contribution in [1.82, 2.24) is 5.06 Å². The van der Waals surface area contributed by atoms with Crippen LogP contribution in [0.4, 0.5) is 0 Å². The molecule has 2 aromatic rings. The number of phenolic OH excluding ortho intramolecular Hbond substituents is 1. The van der Waals surface area contributed by atoms with Crippen LogP contribution in [0.2, 0.25) is 0 Å². The Hall–Kier alpha value is -0.470. The number of hydrogen-bond donors (Lipinski definition) is 2. The summed E-state index contributed by atoms with van der Waals surface area (Å²) in [4.78, 5) is 40.3. The van der Waals surface area contributed by atoms with Gasteiger partial charge < -0.3 is 20.4 Å². The van der Waals surface area contributed by atoms with Crippen molar-refractivity contribution < 1.29 is 29.1 Å². The van der Waals surface area contributed by atoms with E-state index in [1.54, 1.807) is 12.1 Å². The van der Waals surface area contributed by atoms with Crippen LogP contribution in [0, 0.1) is 14.3 Å². The number of carbonyl (C=O) groups excluding carboxylic acids is 3. The van der Waals surface area contributed by atoms with Crippen molar-refractivity contribution in [3.8, 4) is 17.2 Å². The molecule has 0 unspecified atom stereocenters. The van der Waals surface area contributed by atoms with E-state index in [4.69, 9.17) is 15.3 Å². The number of carbonyl (C=O) groups is 3. The normalized spacial score (nSPS) is 14.7. The fourth-order valence-electron chi connectivity index (χ4n) is 2.70. The molecule has 0 aliphatic carbocycles. The van der Waals surface area contributed by atoms with Crippen LogP contribution in [0.1, 0.15) is 18.4 Å². The van der Waals surface area contributed by atoms with Crippen molar-refractivity contribution in [1.29, 1.82) is 0 Å². The van der Waals surface area contributed by atoms with Crippen molar-refractivity contribution in [2.45, 2.75) is 25.3 Å². The molecule has 1 heterocycles. The van der Waals surface area contributed by atoms with E-state index in [9.17, 15) is 19.5 Å². The average Bonchev–Trinajstić information content (AvgIpc) is 3.00. The summed E-state index contributed by atoms with van der Waals surface area (Å²) >= 11 is 8.35. The molecule has 164 valence electrons. The summed E-state index contributed by atoms with van der Waals surface area (Å²) in [7, 11) is 0. The highest BCUT2D eigenvalue weighted by molar-refractivity contribution is 14.1. The van der Waals surface area contributed by atoms with Gasteiger partial charge in [-0.25, -0.2) is 4.79 Å². The van der Waals surface area contributed by atoms with Gasteiger partial charge in [0.2, 0.25) is 0 Å². The summed E-state index contributed by atoms with van der Waals surface area (Å²) in [5.74, 6) is -0.486. The average molecular weight is 874 g/mol. The van der Waals surface area contributed by atoms with Gasteiger partial charge in [-0.3, -0.25) is 9.59 Å². The Morgan fingerprint density at radius 2 is 1.52 bits per heavy atom. The summed E-state index contributed by atoms with van der Waals surface area (Å²) in [5.41, 5.74) is 6.72. The standard InChI is InChI=1S/C19H14I4N2O6/c20-10-6-9(7-11(21)17(10)28)30-18-12(22)3-8(4-13(18)23)5-14(24)19(29)31-25-15(26)1-2-16(25)27/h3-4,6-7,14,28H,1-2,5,24H2/t14-/m0/s1. The zero-order valence-electron chi connectivity index (χ0n) is 15.5. The van der Waals surface area contributed by atoms with Crippen LogP contribution >= 0.6 is 90.4 Å². The molecule has 1 saturated heterocycles. The second-order valence-electron chi connectivity index (χ2n) is 6.53. The number of ether oxygens (including phenoxy) is 1. The molecule has 1 atom stereocenters. The molecule has 1 aliphatic heterocycles. The molecule has 2 aromatic carbocycles. The number of hydrogen-bond acceptors (Lipinski definition) is 7. The van der Waals surface area contributed by atoms with E-state index in [1.807, 2.05) is 57.3 Å². The molecular formula is C19H14I4N2O6. The third-order valence-corrected chi connectivity index (χ3v) is 7.46. The molecule has 3 N–H and O–H groups in total. The number of rotatable bonds is 6. The summed E-state index contributed by atoms with van der Waals surface area (Å²) < 4.78 is 9.02. The molecule has 12 heteroatoms. The van der Waals surface area contributed by atoms with E-state index in [0.29, 0.717) is 23.7 Å². The highest BCUT2D eigenvalue weighted by Crippen LogP contribution is 2.37. The first-order chi connectivity index (χ1) is 14.6. The molecule has 0 bridgehead atoms. The molecule has 8 nitrogen and oxygen atoms in total. The van der Waals surface area contributed by atoms with Gasteiger partial charge >= 0.3 is 5.97 Å². The van der Waals surface area contributed by atoms with Gasteiger partial charge in [-0.1, -0.05) is 0 Å². The first-order valence-corrected chi connectivity index (χ1v) is 13.0. The van der Waals surface area contributed by atoms with Crippen LogP contribution in [-0.4, -0.2) is 34.0 Å². The molecule has 1 fully saturated rings. The molecule has 0 radical (unpaired) electrons. The summed E-state index contributed by atoms with van der Waals surface area (Å²) in [6, 6.07) is 6.12. The fraction of sp³-hybridized carbons (Fsp3) is 0.211. The Balaban J connectivity index is 1.72. The van der Waals surface area contributed by atoms with Crippen LogP contribution < -0.4 is 10.5 Å². The quantitative estimate of drug-likeness (QED) is 0.332. The maximum Gasteiger partial charge on any atom is 0.350 e. The minimum absolute atomic E-state index is 0.0261. The van der Waals surface area contributed by atoms with Gasteiger partial charge in [-0.05, 0) is 127 Å². The van der Waals surface area contributed by atoms with Crippen LogP contribution in [0.25, 0.3) is 0 Å². The molecule has 0 aromatic heterocycles. The van der Waals surface area contributed by atoms with E-state index in [1.165, 1.54) is 0 Å². The van der Waals surface area contributed by atoms with Crippen LogP contribution in [-0.2, 0) is 25.6 Å². The Bertz CT molecular complexity index is 1020. The number of halogens is 4. The highest BCUT2D eigenvalue weighted by atomic mass is 127. The monoisotopic (exact) mass is 874 g/mol. The number of benzene rings is 2. The molecule has 3 rings (SSSR count). The third kappa shape index (κ3) is 6.11. The second-order valence-corrected chi connectivity index (χ2v) is 11.2. The Morgan fingerprint density at radius 1 is 1.00 bits per heavy atom. The largest absolute Gasteiger partial charge is 0.506 e. The van der Waals surface area contributed by atoms with E-state index < -0.39 is 23.8 Å². The fourth-order valence-corrected chi connectivity index (χ4v) is 6.53. The van der Waals surface area contributed by atoms with Gasteiger partial charge in [0.05, 0.1) is 14.3 Å². The first-order valence-electron chi connectivity index (χ1n) is 8.73. The minimum Gasteiger partial charge on any atom is -0.506 e. The Labute approximate surface area is 232 Å². The second kappa shape index (κ2) is 10.6. The van der Waals surface area contributed by atoms with Gasteiger partial charge in [0.1, 0.15) is 17.5 Å². The third-order valence-electron chi connectivity index (χ3n) is 4.21. The lowest BCUT2D eigenvalue weighted by molar-refractivity contribution is -0.198. The number of phenols is 1. The molecule has 0 saturated carbocycles. The van der Waals surface area contributed by atoms with Crippen molar-refractivity contribution in [3.05, 3.63) is 44.1 Å². The first kappa shape index (κ1) is 25.2. The van der Waals surface area contributed by atoms with E-state index in [2.05, 4.69) is 45.2 Å². The lowest BCUT2D eigenvalue weighted by Gasteiger charge is -2.17. The molecule has 31 heavy (non-hydrogen) atoms. The number of aromatic hydroxyl groups is 1. The molecule has 2 amide bonds. The number of nitrogens with two attached hydrogens (primary N) is 1. The maximum atomic E-state index is 12.2. The summed E-state index contributed by atoms with van der Waals surface area (Å²) in [6.45, 7) is 0. The molecule has 0 spiro atoms. The predicted molar refractivity (Wildman–Crippen MR) is 144 cm³/mol. The van der Waals surface area contributed by atoms with E-state index in [0.717, 1.165) is 12.7 Å². The summed E-state index contributed by atoms with van der Waals surface area (Å²) in [6.07, 6.45) is 0.215. The predicted octanol–water partition coefficient (Wildman–Crippen LogP) is 4.08. The lowest BCUT2D eigenvalue weighted by Crippen LogP contribution is -2.41. The van der Waals surface area contributed by atoms with E-state index in [-0.39, 0.29) is 25.0 Å². The van der Waals surface area contributed by atoms with Gasteiger partial charge in [-0.2, -0.15) is 0 Å². The minimum atomic E-state index is -1.04. The highest BCUT2D eigenvalue weighted by Gasteiger charge is 2.34. The van der Waals surface area contributed by atoms with E-state index >= 15 is 0 Å². The van der Waals surface area contributed by atoms with Gasteiger partial charge in [0, 0.05) is 12.8 Å². The topological polar surface area (TPSA) is 119 Å². The van der Waals surface area contributed by atoms with Crippen LogP contribution in [0.5, 0.6) is 17.2 Å². The number of hydroxylamine groups is 2. The Kier molecular flexibility index (Phi) is 8.63. The zero-order valence-corrected chi connectivity index (χ0v) is 24.2. The Morgan fingerprint density at radius 3 is 2.03 bits per heavy atom. The van der Waals surface area contributed by atoms with Crippen molar-refractivity contribution in [2.24, 2.45) is 5.73 Å². The molecular weight excluding hydrogens is 860 g/mol. The van der Waals surface area contributed by atoms with Gasteiger partial charge in [0.15, 0.2) is 5.75 Å². The molecule has 1 aliphatic rings. The van der Waals surface area contributed by atoms with Crippen molar-refractivity contribution in [3.63, 3.8) is 0 Å². The SMILES string of the molecule is N[C@@H](Cc1cc(I)c(Oc2cc(I)c(O)c(I)c2)c(I)c1)C(=O)ON1C(=O)CCC1=O. The number of amides is 2. The van der Waals surface area contributed by atoms with Crippen LogP contribution in [0.15, 0.2) is 24.3 Å². The van der Waals surface area contributed by atoms with Gasteiger partial charge in [-0.15, -0.1) is 5.06 Å². The smallest absolute Gasteiger partial charge is 0.350 e. The van der Waals surface area contributed by atoms with Crippen molar-refractivity contribution in [2.75, 3.05) is 0 Å². The number of nitrogens with zero attached hydrogens (tertiary/aromatic N) is 1. The van der Waals surface area contributed by atoms with Gasteiger partial charge in [0.25, 0.3) is 11.8 Å². The zero-order chi connectivity index (χ0) is 22.9. The summed E-state index contributed by atoms with van der Waals surface area (Å²) in [5, 5.41) is 10.4. The maximum absolute atomic E-state index is 12.2.